The molecule has 26 heavy (non-hydrogen) atoms. The van der Waals surface area contributed by atoms with E-state index in [2.05, 4.69) is 29.0 Å². The molecule has 0 aliphatic heterocycles. The molecule has 4 rings (SSSR count). The number of hydrogen-bond donors (Lipinski definition) is 1. The van der Waals surface area contributed by atoms with Crippen LogP contribution in [-0.4, -0.2) is 34.2 Å². The molecule has 0 radical (unpaired) electrons. The van der Waals surface area contributed by atoms with Crippen molar-refractivity contribution in [1.29, 1.82) is 0 Å². The van der Waals surface area contributed by atoms with E-state index < -0.39 is 0 Å². The Morgan fingerprint density at radius 2 is 1.81 bits per heavy atom. The molecule has 3 aromatic heterocycles. The van der Waals surface area contributed by atoms with E-state index in [-0.39, 0.29) is 5.91 Å². The van der Waals surface area contributed by atoms with Crippen molar-refractivity contribution in [2.75, 3.05) is 5.32 Å². The van der Waals surface area contributed by atoms with Crippen LogP contribution < -0.4 is 5.32 Å². The van der Waals surface area contributed by atoms with E-state index in [4.69, 9.17) is 0 Å². The van der Waals surface area contributed by atoms with E-state index in [1.54, 1.807) is 30.6 Å². The van der Waals surface area contributed by atoms with Crippen LogP contribution in [0.1, 0.15) is 27.6 Å². The molecule has 3 heterocycles. The van der Waals surface area contributed by atoms with Crippen molar-refractivity contribution in [3.05, 3.63) is 53.4 Å². The zero-order valence-electron chi connectivity index (χ0n) is 14.4. The normalized spacial score (nSPS) is 11.0. The fourth-order valence-corrected chi connectivity index (χ4v) is 3.22. The van der Waals surface area contributed by atoms with Gasteiger partial charge in [-0.1, -0.05) is 0 Å². The number of hydrogen-bond acceptors (Lipinski definition) is 7. The molecule has 1 aromatic carbocycles. The van der Waals surface area contributed by atoms with Crippen molar-refractivity contribution in [2.45, 2.75) is 20.8 Å². The minimum atomic E-state index is -0.248. The number of imidazole rings is 1. The summed E-state index contributed by atoms with van der Waals surface area (Å²) in [7, 11) is 0. The summed E-state index contributed by atoms with van der Waals surface area (Å²) in [4.78, 5) is 25.5. The largest absolute Gasteiger partial charge is 0.319 e. The number of nitrogens with zero attached hydrogens (tertiary/aromatic N) is 6. The lowest BCUT2D eigenvalue weighted by Crippen LogP contribution is -2.13. The van der Waals surface area contributed by atoms with E-state index >= 15 is 0 Å². The van der Waals surface area contributed by atoms with E-state index in [0.29, 0.717) is 22.7 Å². The molecule has 130 valence electrons. The van der Waals surface area contributed by atoms with E-state index in [9.17, 15) is 4.79 Å². The van der Waals surface area contributed by atoms with Crippen molar-refractivity contribution in [3.63, 3.8) is 0 Å². The molecule has 0 spiro atoms. The van der Waals surface area contributed by atoms with Crippen LogP contribution in [0.5, 0.6) is 0 Å². The SMILES string of the molecule is Cc1nc(C)n(-c2ncc(NC(=O)c3ccc4nsnc4c3)cn2)c1C. The summed E-state index contributed by atoms with van der Waals surface area (Å²) in [6.45, 7) is 5.82. The third kappa shape index (κ3) is 2.82. The summed E-state index contributed by atoms with van der Waals surface area (Å²) < 4.78 is 10.2. The molecule has 0 aliphatic rings. The number of aromatic nitrogens is 6. The van der Waals surface area contributed by atoms with Gasteiger partial charge in [0.05, 0.1) is 35.5 Å². The summed E-state index contributed by atoms with van der Waals surface area (Å²) in [5.41, 5.74) is 4.43. The standard InChI is InChI=1S/C17H15N7OS/c1-9-10(2)24(11(3)20-9)17-18-7-13(8-19-17)21-16(25)12-4-5-14-15(6-12)23-26-22-14/h4-8H,1-3H3,(H,21,25). The minimum Gasteiger partial charge on any atom is -0.319 e. The fraction of sp³-hybridized carbons (Fsp3) is 0.176. The van der Waals surface area contributed by atoms with Crippen LogP contribution in [0, 0.1) is 20.8 Å². The van der Waals surface area contributed by atoms with Gasteiger partial charge in [0, 0.05) is 11.3 Å². The predicted octanol–water partition coefficient (Wildman–Crippen LogP) is 2.84. The van der Waals surface area contributed by atoms with Gasteiger partial charge < -0.3 is 5.32 Å². The number of carbonyl (C=O) groups is 1. The highest BCUT2D eigenvalue weighted by atomic mass is 32.1. The number of carbonyl (C=O) groups excluding carboxylic acids is 1. The second-order valence-electron chi connectivity index (χ2n) is 5.86. The van der Waals surface area contributed by atoms with Crippen LogP contribution in [0.3, 0.4) is 0 Å². The van der Waals surface area contributed by atoms with Gasteiger partial charge in [0.2, 0.25) is 5.95 Å². The Bertz CT molecular complexity index is 1110. The van der Waals surface area contributed by atoms with E-state index in [1.165, 1.54) is 0 Å². The van der Waals surface area contributed by atoms with E-state index in [1.807, 2.05) is 25.3 Å². The molecule has 9 heteroatoms. The zero-order valence-corrected chi connectivity index (χ0v) is 15.2. The summed E-state index contributed by atoms with van der Waals surface area (Å²) >= 11 is 1.12. The van der Waals surface area contributed by atoms with Crippen LogP contribution in [0.15, 0.2) is 30.6 Å². The molecule has 1 N–H and O–H groups in total. The average molecular weight is 365 g/mol. The van der Waals surface area contributed by atoms with Gasteiger partial charge in [-0.2, -0.15) is 8.75 Å². The van der Waals surface area contributed by atoms with Crippen LogP contribution in [0.25, 0.3) is 17.0 Å². The monoisotopic (exact) mass is 365 g/mol. The molecule has 0 saturated carbocycles. The molecule has 8 nitrogen and oxygen atoms in total. The second-order valence-corrected chi connectivity index (χ2v) is 6.39. The molecule has 0 bridgehead atoms. The van der Waals surface area contributed by atoms with Gasteiger partial charge in [0.25, 0.3) is 5.91 Å². The molecular weight excluding hydrogens is 350 g/mol. The first kappa shape index (κ1) is 16.3. The average Bonchev–Trinajstić information content (AvgIpc) is 3.19. The summed E-state index contributed by atoms with van der Waals surface area (Å²) in [6.07, 6.45) is 3.16. The Morgan fingerprint density at radius 3 is 2.50 bits per heavy atom. The van der Waals surface area contributed by atoms with E-state index in [0.717, 1.165) is 34.5 Å². The fourth-order valence-electron chi connectivity index (χ4n) is 2.70. The first-order valence-corrected chi connectivity index (χ1v) is 8.64. The highest BCUT2D eigenvalue weighted by Crippen LogP contribution is 2.17. The first-order valence-electron chi connectivity index (χ1n) is 7.91. The predicted molar refractivity (Wildman–Crippen MR) is 98.7 cm³/mol. The lowest BCUT2D eigenvalue weighted by molar-refractivity contribution is 0.102. The highest BCUT2D eigenvalue weighted by molar-refractivity contribution is 7.00. The Kier molecular flexibility index (Phi) is 3.92. The van der Waals surface area contributed by atoms with Gasteiger partial charge in [0.1, 0.15) is 16.9 Å². The van der Waals surface area contributed by atoms with Gasteiger partial charge in [-0.3, -0.25) is 9.36 Å². The minimum absolute atomic E-state index is 0.248. The number of benzene rings is 1. The maximum atomic E-state index is 12.4. The van der Waals surface area contributed by atoms with Crippen molar-refractivity contribution < 1.29 is 4.79 Å². The third-order valence-electron chi connectivity index (χ3n) is 4.12. The Morgan fingerprint density at radius 1 is 1.08 bits per heavy atom. The van der Waals surface area contributed by atoms with Gasteiger partial charge in [-0.15, -0.1) is 0 Å². The number of aryl methyl sites for hydroxylation is 2. The number of amides is 1. The molecule has 0 saturated heterocycles. The molecular formula is C17H15N7OS. The maximum Gasteiger partial charge on any atom is 0.255 e. The lowest BCUT2D eigenvalue weighted by Gasteiger charge is -2.08. The van der Waals surface area contributed by atoms with Gasteiger partial charge in [-0.05, 0) is 39.0 Å². The third-order valence-corrected chi connectivity index (χ3v) is 4.68. The van der Waals surface area contributed by atoms with Crippen LogP contribution >= 0.6 is 11.7 Å². The first-order chi connectivity index (χ1) is 12.5. The number of anilines is 1. The summed E-state index contributed by atoms with van der Waals surface area (Å²) in [5.74, 6) is 1.10. The zero-order chi connectivity index (χ0) is 18.3. The number of rotatable bonds is 3. The quantitative estimate of drug-likeness (QED) is 0.599. The van der Waals surface area contributed by atoms with Crippen molar-refractivity contribution >= 4 is 34.4 Å². The van der Waals surface area contributed by atoms with Crippen LogP contribution in [-0.2, 0) is 0 Å². The lowest BCUT2D eigenvalue weighted by atomic mass is 10.2. The van der Waals surface area contributed by atoms with Crippen molar-refractivity contribution in [3.8, 4) is 5.95 Å². The van der Waals surface area contributed by atoms with Crippen LogP contribution in [0.2, 0.25) is 0 Å². The Balaban J connectivity index is 1.56. The Hall–Kier alpha value is -3.20. The maximum absolute atomic E-state index is 12.4. The molecule has 0 unspecified atom stereocenters. The van der Waals surface area contributed by atoms with Gasteiger partial charge in [-0.25, -0.2) is 15.0 Å². The van der Waals surface area contributed by atoms with Gasteiger partial charge >= 0.3 is 0 Å². The molecule has 0 fully saturated rings. The number of nitrogens with one attached hydrogen (secondary N) is 1. The highest BCUT2D eigenvalue weighted by Gasteiger charge is 2.13. The number of fused-ring (bicyclic) bond motifs is 1. The van der Waals surface area contributed by atoms with Crippen LogP contribution in [0.4, 0.5) is 5.69 Å². The second kappa shape index (κ2) is 6.26. The molecule has 0 atom stereocenters. The summed E-state index contributed by atoms with van der Waals surface area (Å²) in [6, 6.07) is 5.21. The molecule has 0 aliphatic carbocycles. The molecule has 1 amide bonds. The van der Waals surface area contributed by atoms with Gasteiger partial charge in [0.15, 0.2) is 0 Å². The smallest absolute Gasteiger partial charge is 0.255 e. The summed E-state index contributed by atoms with van der Waals surface area (Å²) in [5, 5.41) is 2.79. The molecule has 4 aromatic rings. The topological polar surface area (TPSA) is 98.5 Å². The van der Waals surface area contributed by atoms with Crippen molar-refractivity contribution in [1.82, 2.24) is 28.3 Å². The van der Waals surface area contributed by atoms with Crippen molar-refractivity contribution in [2.24, 2.45) is 0 Å². The Labute approximate surface area is 153 Å².